The second kappa shape index (κ2) is 7.47. The number of fused-ring (bicyclic) bond motifs is 2. The van der Waals surface area contributed by atoms with Crippen molar-refractivity contribution in [2.45, 2.75) is 132 Å². The molecule has 0 aromatic rings. The van der Waals surface area contributed by atoms with E-state index in [9.17, 15) is 5.11 Å². The molecule has 32 heavy (non-hydrogen) atoms. The zero-order chi connectivity index (χ0) is 23.1. The van der Waals surface area contributed by atoms with E-state index in [1.165, 1.54) is 70.6 Å². The highest BCUT2D eigenvalue weighted by Gasteiger charge is 2.63. The van der Waals surface area contributed by atoms with Crippen LogP contribution in [0.25, 0.3) is 0 Å². The van der Waals surface area contributed by atoms with Crippen LogP contribution in [0.4, 0.5) is 0 Å². The molecule has 1 nitrogen and oxygen atoms in total. The van der Waals surface area contributed by atoms with Gasteiger partial charge in [-0.2, -0.15) is 0 Å². The molecule has 180 valence electrons. The van der Waals surface area contributed by atoms with Gasteiger partial charge in [0.05, 0.1) is 6.10 Å². The fourth-order valence-corrected chi connectivity index (χ4v) is 10.4. The van der Waals surface area contributed by atoms with Gasteiger partial charge in [-0.05, 0) is 130 Å². The fraction of sp³-hybridized carbons (Fsp3) is 0.871. The Bertz CT molecular complexity index is 845. The zero-order valence-electron chi connectivity index (χ0n) is 22.2. The van der Waals surface area contributed by atoms with E-state index in [0.717, 1.165) is 18.3 Å². The highest BCUT2D eigenvalue weighted by molar-refractivity contribution is 5.39. The van der Waals surface area contributed by atoms with E-state index in [1.54, 1.807) is 11.1 Å². The standard InChI is InChI=1S/C31H50O/c1-20(2)22-9-8-21(3)23-13-18-31(7)25-10-11-26-28(4,24(25)14-19-30(23,31)6)17-15-27(32)29(26,5)16-12-22/h21,23,26-27,32H,8-19H2,1-7H3/t21-,23-,26?,27?,28-,29?,30-,31+/m1/s1. The summed E-state index contributed by atoms with van der Waals surface area (Å²) < 4.78 is 0. The molecule has 0 aromatic heterocycles. The van der Waals surface area contributed by atoms with Crippen molar-refractivity contribution < 1.29 is 5.11 Å². The Morgan fingerprint density at radius 2 is 1.53 bits per heavy atom. The first-order valence-corrected chi connectivity index (χ1v) is 14.0. The summed E-state index contributed by atoms with van der Waals surface area (Å²) >= 11 is 0. The number of hydrogen-bond donors (Lipinski definition) is 1. The van der Waals surface area contributed by atoms with Crippen LogP contribution in [0.3, 0.4) is 0 Å². The summed E-state index contributed by atoms with van der Waals surface area (Å²) in [7, 11) is 0. The molecule has 1 N–H and O–H groups in total. The van der Waals surface area contributed by atoms with Crippen molar-refractivity contribution in [1.29, 1.82) is 0 Å². The van der Waals surface area contributed by atoms with E-state index in [1.807, 2.05) is 11.1 Å². The van der Waals surface area contributed by atoms with E-state index < -0.39 is 0 Å². The Kier molecular flexibility index (Phi) is 5.41. The topological polar surface area (TPSA) is 20.2 Å². The SMILES string of the molecule is CC(C)=C1CC[C@@H](C)[C@H]2CC[C@@]3(C)C4=C(CC[C@]23C)[C@@]2(C)CCC(O)C(C)(CC1)C2CC4. The highest BCUT2D eigenvalue weighted by atomic mass is 16.3. The monoisotopic (exact) mass is 438 g/mol. The fourth-order valence-electron chi connectivity index (χ4n) is 10.4. The van der Waals surface area contributed by atoms with Gasteiger partial charge in [-0.3, -0.25) is 0 Å². The number of hydrogen-bond acceptors (Lipinski definition) is 1. The first-order chi connectivity index (χ1) is 15.0. The lowest BCUT2D eigenvalue weighted by molar-refractivity contribution is -0.111. The molecule has 7 aliphatic carbocycles. The minimum Gasteiger partial charge on any atom is -0.393 e. The Morgan fingerprint density at radius 1 is 0.781 bits per heavy atom. The second-order valence-electron chi connectivity index (χ2n) is 14.0. The van der Waals surface area contributed by atoms with Crippen LogP contribution in [0, 0.1) is 39.4 Å². The van der Waals surface area contributed by atoms with Crippen LogP contribution in [0.2, 0.25) is 0 Å². The van der Waals surface area contributed by atoms with Gasteiger partial charge in [0, 0.05) is 0 Å². The molecule has 3 unspecified atom stereocenters. The normalized spacial score (nSPS) is 51.2. The molecule has 0 heterocycles. The van der Waals surface area contributed by atoms with E-state index >= 15 is 0 Å². The average molecular weight is 439 g/mol. The largest absolute Gasteiger partial charge is 0.393 e. The molecule has 1 heteroatoms. The third-order valence-electron chi connectivity index (χ3n) is 12.9. The van der Waals surface area contributed by atoms with Crippen molar-refractivity contribution in [3.05, 3.63) is 22.3 Å². The summed E-state index contributed by atoms with van der Waals surface area (Å²) in [5.41, 5.74) is 8.26. The van der Waals surface area contributed by atoms with E-state index in [0.29, 0.717) is 22.2 Å². The number of aliphatic hydroxyl groups excluding tert-OH is 1. The highest BCUT2D eigenvalue weighted by Crippen LogP contribution is 2.73. The molecular weight excluding hydrogens is 388 g/mol. The van der Waals surface area contributed by atoms with E-state index in [2.05, 4.69) is 48.5 Å². The molecule has 0 aromatic carbocycles. The van der Waals surface area contributed by atoms with Crippen LogP contribution in [-0.2, 0) is 0 Å². The van der Waals surface area contributed by atoms with Crippen LogP contribution in [0.5, 0.6) is 0 Å². The maximum atomic E-state index is 11.4. The zero-order valence-corrected chi connectivity index (χ0v) is 22.2. The third-order valence-corrected chi connectivity index (χ3v) is 12.9. The number of allylic oxidation sites excluding steroid dienone is 4. The van der Waals surface area contributed by atoms with Crippen LogP contribution >= 0.6 is 0 Å². The van der Waals surface area contributed by atoms with Gasteiger partial charge in [0.1, 0.15) is 0 Å². The Balaban J connectivity index is 1.68. The van der Waals surface area contributed by atoms with E-state index in [4.69, 9.17) is 0 Å². The van der Waals surface area contributed by atoms with Crippen molar-refractivity contribution in [2.75, 3.05) is 0 Å². The van der Waals surface area contributed by atoms with Crippen molar-refractivity contribution in [3.8, 4) is 0 Å². The Labute approximate surface area is 198 Å². The maximum absolute atomic E-state index is 11.4. The van der Waals surface area contributed by atoms with Crippen LogP contribution in [0.1, 0.15) is 126 Å². The third kappa shape index (κ3) is 2.91. The van der Waals surface area contributed by atoms with Gasteiger partial charge >= 0.3 is 0 Å². The summed E-state index contributed by atoms with van der Waals surface area (Å²) in [5, 5.41) is 11.4. The molecule has 4 fully saturated rings. The molecule has 0 saturated heterocycles. The van der Waals surface area contributed by atoms with E-state index in [-0.39, 0.29) is 11.5 Å². The second-order valence-corrected chi connectivity index (χ2v) is 14.0. The van der Waals surface area contributed by atoms with Crippen LogP contribution in [0.15, 0.2) is 22.3 Å². The summed E-state index contributed by atoms with van der Waals surface area (Å²) in [6.45, 7) is 17.7. The van der Waals surface area contributed by atoms with Gasteiger partial charge < -0.3 is 5.11 Å². The number of rotatable bonds is 0. The van der Waals surface area contributed by atoms with Gasteiger partial charge in [0.15, 0.2) is 0 Å². The first kappa shape index (κ1) is 23.2. The lowest BCUT2D eigenvalue weighted by Gasteiger charge is -2.63. The van der Waals surface area contributed by atoms with Crippen molar-refractivity contribution in [3.63, 3.8) is 0 Å². The Morgan fingerprint density at radius 3 is 2.25 bits per heavy atom. The molecule has 8 bridgehead atoms. The molecule has 7 aliphatic rings. The van der Waals surface area contributed by atoms with Gasteiger partial charge in [0.25, 0.3) is 0 Å². The van der Waals surface area contributed by atoms with Gasteiger partial charge in [-0.1, -0.05) is 56.9 Å². The molecular formula is C31H50O. The summed E-state index contributed by atoms with van der Waals surface area (Å²) in [6.07, 6.45) is 15.3. The predicted octanol–water partition coefficient (Wildman–Crippen LogP) is 8.62. The molecule has 0 aliphatic heterocycles. The van der Waals surface area contributed by atoms with Crippen molar-refractivity contribution in [1.82, 2.24) is 0 Å². The summed E-state index contributed by atoms with van der Waals surface area (Å²) in [4.78, 5) is 0. The first-order valence-electron chi connectivity index (χ1n) is 14.0. The summed E-state index contributed by atoms with van der Waals surface area (Å²) in [6, 6.07) is 0. The molecule has 7 rings (SSSR count). The van der Waals surface area contributed by atoms with Gasteiger partial charge in [0.2, 0.25) is 0 Å². The lowest BCUT2D eigenvalue weighted by Crippen LogP contribution is -2.56. The smallest absolute Gasteiger partial charge is 0.0597 e. The average Bonchev–Trinajstić information content (AvgIpc) is 3.01. The quantitative estimate of drug-likeness (QED) is 0.375. The van der Waals surface area contributed by atoms with Gasteiger partial charge in [-0.25, -0.2) is 0 Å². The van der Waals surface area contributed by atoms with Gasteiger partial charge in [-0.15, -0.1) is 0 Å². The minimum atomic E-state index is -0.131. The van der Waals surface area contributed by atoms with Crippen LogP contribution in [-0.4, -0.2) is 11.2 Å². The van der Waals surface area contributed by atoms with Crippen molar-refractivity contribution in [2.24, 2.45) is 39.4 Å². The summed E-state index contributed by atoms with van der Waals surface area (Å²) in [5.74, 6) is 2.34. The lowest BCUT2D eigenvalue weighted by atomic mass is 9.42. The maximum Gasteiger partial charge on any atom is 0.0597 e. The molecule has 8 atom stereocenters. The molecule has 4 saturated carbocycles. The molecule has 0 spiro atoms. The minimum absolute atomic E-state index is 0.0574. The van der Waals surface area contributed by atoms with Crippen molar-refractivity contribution >= 4 is 0 Å². The number of aliphatic hydroxyl groups is 1. The Hall–Kier alpha value is -0.560. The predicted molar refractivity (Wildman–Crippen MR) is 135 cm³/mol. The molecule has 0 amide bonds. The molecule has 0 radical (unpaired) electrons. The van der Waals surface area contributed by atoms with Crippen LogP contribution < -0.4 is 0 Å².